The average molecular weight is 697 g/mol. The van der Waals surface area contributed by atoms with Crippen molar-refractivity contribution in [1.82, 2.24) is 0 Å². The van der Waals surface area contributed by atoms with E-state index < -0.39 is 0 Å². The molecule has 284 valence electrons. The second-order valence-electron chi connectivity index (χ2n) is 17.5. The lowest BCUT2D eigenvalue weighted by atomic mass is 9.47. The van der Waals surface area contributed by atoms with Crippen LogP contribution in [0, 0.1) is 46.3 Å². The van der Waals surface area contributed by atoms with Crippen molar-refractivity contribution in [3.63, 3.8) is 0 Å². The minimum atomic E-state index is -0.000247. The van der Waals surface area contributed by atoms with Crippen LogP contribution in [0.3, 0.4) is 0 Å². The third-order valence-corrected chi connectivity index (χ3v) is 14.0. The molecule has 7 unspecified atom stereocenters. The molecule has 0 spiro atoms. The molecule has 51 heavy (non-hydrogen) atoms. The maximum Gasteiger partial charge on any atom is 0.306 e. The first kappa shape index (κ1) is 41.4. The van der Waals surface area contributed by atoms with E-state index in [2.05, 4.69) is 121 Å². The highest BCUT2D eigenvalue weighted by Crippen LogP contribution is 2.67. The Balaban J connectivity index is 1.15. The summed E-state index contributed by atoms with van der Waals surface area (Å²) < 4.78 is 6.11. The zero-order chi connectivity index (χ0) is 36.7. The highest BCUT2D eigenvalue weighted by Gasteiger charge is 2.59. The first-order valence-corrected chi connectivity index (χ1v) is 21.4. The molecule has 3 fully saturated rings. The van der Waals surface area contributed by atoms with Gasteiger partial charge in [-0.15, -0.1) is 0 Å². The number of fused-ring (bicyclic) bond motifs is 5. The third kappa shape index (κ3) is 11.3. The minimum absolute atomic E-state index is 0.000247. The van der Waals surface area contributed by atoms with Gasteiger partial charge in [-0.3, -0.25) is 4.79 Å². The summed E-state index contributed by atoms with van der Waals surface area (Å²) >= 11 is 0. The molecular formula is C49H76O2. The Morgan fingerprint density at radius 2 is 1.47 bits per heavy atom. The normalized spacial score (nSPS) is 32.0. The van der Waals surface area contributed by atoms with Crippen molar-refractivity contribution in [3.05, 3.63) is 84.1 Å². The number of ether oxygens (including phenoxy) is 1. The Bertz CT molecular complexity index is 1290. The van der Waals surface area contributed by atoms with Crippen LogP contribution in [0.15, 0.2) is 84.1 Å². The van der Waals surface area contributed by atoms with Gasteiger partial charge in [-0.2, -0.15) is 0 Å². The summed E-state index contributed by atoms with van der Waals surface area (Å²) in [6.45, 7) is 17.0. The van der Waals surface area contributed by atoms with Crippen molar-refractivity contribution in [2.24, 2.45) is 46.3 Å². The lowest BCUT2D eigenvalue weighted by molar-refractivity contribution is -0.151. The lowest BCUT2D eigenvalue weighted by Gasteiger charge is -2.58. The van der Waals surface area contributed by atoms with Crippen LogP contribution in [0.4, 0.5) is 0 Å². The van der Waals surface area contributed by atoms with Crippen LogP contribution >= 0.6 is 0 Å². The van der Waals surface area contributed by atoms with Crippen LogP contribution in [0.2, 0.25) is 0 Å². The second-order valence-corrected chi connectivity index (χ2v) is 17.5. The van der Waals surface area contributed by atoms with Crippen LogP contribution in [0.1, 0.15) is 164 Å². The molecule has 0 aromatic rings. The fraction of sp³-hybridized carbons (Fsp3) is 0.694. The zero-order valence-electron chi connectivity index (χ0n) is 34.0. The van der Waals surface area contributed by atoms with Gasteiger partial charge < -0.3 is 4.74 Å². The van der Waals surface area contributed by atoms with Crippen LogP contribution in [0.5, 0.6) is 0 Å². The van der Waals surface area contributed by atoms with Crippen molar-refractivity contribution in [1.29, 1.82) is 0 Å². The maximum absolute atomic E-state index is 12.8. The Kier molecular flexibility index (Phi) is 16.9. The Morgan fingerprint density at radius 3 is 2.10 bits per heavy atom. The summed E-state index contributed by atoms with van der Waals surface area (Å²) in [6.07, 6.45) is 47.5. The van der Waals surface area contributed by atoms with Gasteiger partial charge >= 0.3 is 5.97 Å². The summed E-state index contributed by atoms with van der Waals surface area (Å²) in [4.78, 5) is 12.8. The number of rotatable bonds is 19. The highest BCUT2D eigenvalue weighted by molar-refractivity contribution is 5.69. The standard InChI is InChI=1S/C49H76O2/c1-8-10-11-12-13-14-15-16-17-18-19-20-21-22-23-24-25-26-47(50)51-42-33-35-48(6)41(37-42)29-30-43-45-32-31-44(49(45,7)36-34-46(43)48)39(5)27-28-40(9-2)38(3)4/h9-11,13-14,16-17,19-20,22-23,29,38-39,42-46H,8,12,15,18,21,24-28,30-37H2,1-7H3/b11-10+,14-13+,17-16+,20-19+,23-22+,40-9-/t39?,42-,43?,44?,45?,46?,48?,49?/m0/s1. The van der Waals surface area contributed by atoms with E-state index >= 15 is 0 Å². The molecule has 0 saturated heterocycles. The number of esters is 1. The van der Waals surface area contributed by atoms with Gasteiger partial charge in [0, 0.05) is 12.8 Å². The molecule has 0 aromatic carbocycles. The predicted molar refractivity (Wildman–Crippen MR) is 220 cm³/mol. The van der Waals surface area contributed by atoms with E-state index in [0.717, 1.165) is 87.4 Å². The van der Waals surface area contributed by atoms with Crippen molar-refractivity contribution in [2.45, 2.75) is 170 Å². The Hall–Kier alpha value is -2.35. The van der Waals surface area contributed by atoms with Crippen LogP contribution in [-0.2, 0) is 9.53 Å². The first-order valence-electron chi connectivity index (χ1n) is 21.4. The molecule has 8 atom stereocenters. The van der Waals surface area contributed by atoms with E-state index in [4.69, 9.17) is 4.74 Å². The summed E-state index contributed by atoms with van der Waals surface area (Å²) in [5, 5.41) is 0. The number of allylic oxidation sites excluding steroid dienone is 13. The van der Waals surface area contributed by atoms with Gasteiger partial charge in [-0.25, -0.2) is 0 Å². The van der Waals surface area contributed by atoms with E-state index in [1.807, 2.05) is 0 Å². The molecule has 0 N–H and O–H groups in total. The molecule has 0 bridgehead atoms. The van der Waals surface area contributed by atoms with Crippen LogP contribution < -0.4 is 0 Å². The fourth-order valence-corrected chi connectivity index (χ4v) is 11.0. The van der Waals surface area contributed by atoms with E-state index in [1.165, 1.54) is 51.4 Å². The largest absolute Gasteiger partial charge is 0.462 e. The van der Waals surface area contributed by atoms with Crippen molar-refractivity contribution < 1.29 is 9.53 Å². The molecule has 3 saturated carbocycles. The molecule has 0 amide bonds. The molecule has 4 aliphatic carbocycles. The smallest absolute Gasteiger partial charge is 0.306 e. The molecule has 4 rings (SSSR count). The van der Waals surface area contributed by atoms with Crippen molar-refractivity contribution >= 4 is 5.97 Å². The van der Waals surface area contributed by atoms with Crippen molar-refractivity contribution in [2.75, 3.05) is 0 Å². The van der Waals surface area contributed by atoms with Gasteiger partial charge in [-0.1, -0.05) is 126 Å². The fourth-order valence-electron chi connectivity index (χ4n) is 11.0. The molecule has 2 heteroatoms. The SMILES string of the molecule is C/C=C(/CCC(C)C1CCC2C3CC=C4C[C@@H](OC(=O)CCC/C=C/C/C=C/C/C=C/C/C=C/C/C=C/CC)CCC4(C)C3CCC12C)C(C)C. The molecule has 0 aliphatic heterocycles. The van der Waals surface area contributed by atoms with Crippen molar-refractivity contribution in [3.8, 4) is 0 Å². The monoisotopic (exact) mass is 697 g/mol. The second kappa shape index (κ2) is 20.8. The third-order valence-electron chi connectivity index (χ3n) is 14.0. The van der Waals surface area contributed by atoms with E-state index in [-0.39, 0.29) is 12.1 Å². The molecule has 0 aromatic heterocycles. The summed E-state index contributed by atoms with van der Waals surface area (Å²) in [5.41, 5.74) is 4.07. The van der Waals surface area contributed by atoms with Gasteiger partial charge in [0.2, 0.25) is 0 Å². The van der Waals surface area contributed by atoms with Gasteiger partial charge in [0.05, 0.1) is 0 Å². The lowest BCUT2D eigenvalue weighted by Crippen LogP contribution is -2.51. The van der Waals surface area contributed by atoms with Gasteiger partial charge in [0.25, 0.3) is 0 Å². The average Bonchev–Trinajstić information content (AvgIpc) is 3.47. The zero-order valence-corrected chi connectivity index (χ0v) is 34.0. The highest BCUT2D eigenvalue weighted by atomic mass is 16.5. The molecule has 4 aliphatic rings. The Morgan fingerprint density at radius 1 is 0.824 bits per heavy atom. The summed E-state index contributed by atoms with van der Waals surface area (Å²) in [7, 11) is 0. The quantitative estimate of drug-likeness (QED) is 0.0763. The molecule has 0 radical (unpaired) electrons. The maximum atomic E-state index is 12.8. The van der Waals surface area contributed by atoms with Crippen LogP contribution in [-0.4, -0.2) is 12.1 Å². The summed E-state index contributed by atoms with van der Waals surface area (Å²) in [6, 6.07) is 0. The number of hydrogen-bond donors (Lipinski definition) is 0. The number of unbranched alkanes of at least 4 members (excludes halogenated alkanes) is 1. The number of hydrogen-bond acceptors (Lipinski definition) is 2. The van der Waals surface area contributed by atoms with Gasteiger partial charge in [0.1, 0.15) is 6.10 Å². The minimum Gasteiger partial charge on any atom is -0.462 e. The molecular weight excluding hydrogens is 621 g/mol. The van der Waals surface area contributed by atoms with Crippen LogP contribution in [0.25, 0.3) is 0 Å². The molecule has 0 heterocycles. The van der Waals surface area contributed by atoms with E-state index in [1.54, 1.807) is 11.1 Å². The first-order chi connectivity index (χ1) is 24.6. The van der Waals surface area contributed by atoms with E-state index in [0.29, 0.717) is 23.2 Å². The Labute approximate surface area is 315 Å². The predicted octanol–water partition coefficient (Wildman–Crippen LogP) is 14.4. The van der Waals surface area contributed by atoms with E-state index in [9.17, 15) is 4.79 Å². The topological polar surface area (TPSA) is 26.3 Å². The number of carbonyl (C=O) groups is 1. The van der Waals surface area contributed by atoms with Gasteiger partial charge in [-0.05, 0) is 156 Å². The number of carbonyl (C=O) groups excluding carboxylic acids is 1. The van der Waals surface area contributed by atoms with Gasteiger partial charge in [0.15, 0.2) is 0 Å². The molecule has 2 nitrogen and oxygen atoms in total. The summed E-state index contributed by atoms with van der Waals surface area (Å²) in [5.74, 6) is 4.89.